The number of hydrogen-bond donors (Lipinski definition) is 0. The molecule has 2 atom stereocenters. The fourth-order valence-electron chi connectivity index (χ4n) is 1.74. The minimum Gasteiger partial charge on any atom is -0.465 e. The van der Waals surface area contributed by atoms with Crippen LogP contribution >= 0.6 is 0 Å². The minimum atomic E-state index is -0.875. The zero-order valence-corrected chi connectivity index (χ0v) is 10.8. The molecule has 0 saturated carbocycles. The molecule has 3 nitrogen and oxygen atoms in total. The van der Waals surface area contributed by atoms with E-state index in [1.807, 2.05) is 0 Å². The van der Waals surface area contributed by atoms with Crippen LogP contribution < -0.4 is 0 Å². The molecule has 0 bridgehead atoms. The molecule has 0 aliphatic rings. The molecular formula is C14H17FO3. The van der Waals surface area contributed by atoms with Gasteiger partial charge in [0.15, 0.2) is 5.78 Å². The lowest BCUT2D eigenvalue weighted by Gasteiger charge is -2.16. The van der Waals surface area contributed by atoms with E-state index in [2.05, 4.69) is 0 Å². The van der Waals surface area contributed by atoms with E-state index in [0.29, 0.717) is 5.56 Å². The summed E-state index contributed by atoms with van der Waals surface area (Å²) in [6, 6.07) is 6.08. The largest absolute Gasteiger partial charge is 0.465 e. The summed E-state index contributed by atoms with van der Waals surface area (Å²) in [5, 5.41) is 0. The molecule has 0 aromatic heterocycles. The van der Waals surface area contributed by atoms with Crippen molar-refractivity contribution < 1.29 is 18.7 Å². The molecule has 4 heteroatoms. The number of ether oxygens (including phenoxy) is 1. The summed E-state index contributed by atoms with van der Waals surface area (Å²) in [5.41, 5.74) is 0.304. The third-order valence-electron chi connectivity index (χ3n) is 2.87. The molecule has 1 aromatic rings. The van der Waals surface area contributed by atoms with Gasteiger partial charge in [-0.2, -0.15) is 0 Å². The van der Waals surface area contributed by atoms with Gasteiger partial charge in [-0.1, -0.05) is 25.1 Å². The van der Waals surface area contributed by atoms with Crippen molar-refractivity contribution in [2.24, 2.45) is 5.92 Å². The number of carbonyl (C=O) groups is 2. The highest BCUT2D eigenvalue weighted by Gasteiger charge is 2.29. The molecule has 0 amide bonds. The molecule has 0 aliphatic heterocycles. The number of hydrogen-bond acceptors (Lipinski definition) is 3. The fourth-order valence-corrected chi connectivity index (χ4v) is 1.74. The lowest BCUT2D eigenvalue weighted by Crippen LogP contribution is -2.27. The van der Waals surface area contributed by atoms with Gasteiger partial charge in [0.2, 0.25) is 0 Å². The van der Waals surface area contributed by atoms with Gasteiger partial charge in [-0.15, -0.1) is 0 Å². The first kappa shape index (κ1) is 14.4. The molecule has 0 heterocycles. The maximum Gasteiger partial charge on any atom is 0.316 e. The van der Waals surface area contributed by atoms with Crippen LogP contribution in [0.2, 0.25) is 0 Å². The van der Waals surface area contributed by atoms with E-state index in [4.69, 9.17) is 4.74 Å². The van der Waals surface area contributed by atoms with Crippen molar-refractivity contribution in [3.63, 3.8) is 0 Å². The van der Waals surface area contributed by atoms with Gasteiger partial charge in [0.1, 0.15) is 11.7 Å². The van der Waals surface area contributed by atoms with E-state index in [-0.39, 0.29) is 12.4 Å². The maximum absolute atomic E-state index is 13.5. The molecule has 18 heavy (non-hydrogen) atoms. The second-order valence-corrected chi connectivity index (χ2v) is 4.12. The van der Waals surface area contributed by atoms with Crippen LogP contribution in [0.4, 0.5) is 4.39 Å². The van der Waals surface area contributed by atoms with E-state index in [0.717, 1.165) is 0 Å². The van der Waals surface area contributed by atoms with Crippen molar-refractivity contribution in [1.29, 1.82) is 0 Å². The average molecular weight is 252 g/mol. The summed E-state index contributed by atoms with van der Waals surface area (Å²) >= 11 is 0. The lowest BCUT2D eigenvalue weighted by molar-refractivity contribution is -0.151. The summed E-state index contributed by atoms with van der Waals surface area (Å²) in [5.74, 6) is -2.87. The molecule has 1 aromatic carbocycles. The van der Waals surface area contributed by atoms with Gasteiger partial charge in [-0.25, -0.2) is 4.39 Å². The van der Waals surface area contributed by atoms with Crippen LogP contribution in [-0.2, 0) is 14.3 Å². The SMILES string of the molecule is CCOC(=O)C(C)C(=O)C(C)c1ccccc1F. The first-order chi connectivity index (χ1) is 8.49. The predicted molar refractivity (Wildman–Crippen MR) is 65.6 cm³/mol. The van der Waals surface area contributed by atoms with E-state index in [9.17, 15) is 14.0 Å². The van der Waals surface area contributed by atoms with Gasteiger partial charge in [0.25, 0.3) is 0 Å². The molecule has 0 aliphatic carbocycles. The first-order valence-corrected chi connectivity index (χ1v) is 5.93. The zero-order valence-electron chi connectivity index (χ0n) is 10.8. The highest BCUT2D eigenvalue weighted by Crippen LogP contribution is 2.23. The Kier molecular flexibility index (Phi) is 5.01. The van der Waals surface area contributed by atoms with Crippen LogP contribution in [0, 0.1) is 11.7 Å². The molecule has 0 radical (unpaired) electrons. The van der Waals surface area contributed by atoms with Crippen LogP contribution in [0.25, 0.3) is 0 Å². The summed E-state index contributed by atoms with van der Waals surface area (Å²) in [6.45, 7) is 4.98. The van der Waals surface area contributed by atoms with Gasteiger partial charge >= 0.3 is 5.97 Å². The van der Waals surface area contributed by atoms with E-state index in [1.54, 1.807) is 32.0 Å². The van der Waals surface area contributed by atoms with Gasteiger partial charge in [-0.05, 0) is 25.5 Å². The lowest BCUT2D eigenvalue weighted by atomic mass is 9.89. The van der Waals surface area contributed by atoms with Crippen molar-refractivity contribution in [3.8, 4) is 0 Å². The number of Topliss-reactive ketones (excluding diaryl/α,β-unsaturated/α-hetero) is 1. The second kappa shape index (κ2) is 6.28. The van der Waals surface area contributed by atoms with Crippen LogP contribution in [0.1, 0.15) is 32.3 Å². The van der Waals surface area contributed by atoms with Crippen molar-refractivity contribution in [2.45, 2.75) is 26.7 Å². The minimum absolute atomic E-state index is 0.227. The van der Waals surface area contributed by atoms with Gasteiger partial charge in [0.05, 0.1) is 6.61 Å². The van der Waals surface area contributed by atoms with E-state index in [1.165, 1.54) is 13.0 Å². The molecule has 0 spiro atoms. The third kappa shape index (κ3) is 3.15. The molecule has 98 valence electrons. The Labute approximate surface area is 106 Å². The quantitative estimate of drug-likeness (QED) is 0.597. The maximum atomic E-state index is 13.5. The van der Waals surface area contributed by atoms with Crippen LogP contribution in [0.15, 0.2) is 24.3 Å². The Balaban J connectivity index is 2.85. The van der Waals surface area contributed by atoms with Crippen LogP contribution in [0.5, 0.6) is 0 Å². The van der Waals surface area contributed by atoms with Gasteiger partial charge in [-0.3, -0.25) is 9.59 Å². The van der Waals surface area contributed by atoms with Crippen molar-refractivity contribution in [1.82, 2.24) is 0 Å². The van der Waals surface area contributed by atoms with E-state index < -0.39 is 23.6 Å². The number of esters is 1. The number of carbonyl (C=O) groups excluding carboxylic acids is 2. The summed E-state index contributed by atoms with van der Waals surface area (Å²) in [7, 11) is 0. The van der Waals surface area contributed by atoms with Crippen LogP contribution in [-0.4, -0.2) is 18.4 Å². The smallest absolute Gasteiger partial charge is 0.316 e. The van der Waals surface area contributed by atoms with Crippen LogP contribution in [0.3, 0.4) is 0 Å². The normalized spacial score (nSPS) is 13.8. The first-order valence-electron chi connectivity index (χ1n) is 5.93. The number of rotatable bonds is 5. The van der Waals surface area contributed by atoms with Crippen molar-refractivity contribution in [2.75, 3.05) is 6.61 Å². The number of benzene rings is 1. The second-order valence-electron chi connectivity index (χ2n) is 4.12. The Morgan fingerprint density at radius 3 is 2.44 bits per heavy atom. The summed E-state index contributed by atoms with van der Waals surface area (Å²) < 4.78 is 18.3. The molecule has 0 N–H and O–H groups in total. The highest BCUT2D eigenvalue weighted by atomic mass is 19.1. The zero-order chi connectivity index (χ0) is 13.7. The fraction of sp³-hybridized carbons (Fsp3) is 0.429. The molecular weight excluding hydrogens is 235 g/mol. The van der Waals surface area contributed by atoms with Crippen molar-refractivity contribution in [3.05, 3.63) is 35.6 Å². The monoisotopic (exact) mass is 252 g/mol. The molecule has 2 unspecified atom stereocenters. The average Bonchev–Trinajstić information content (AvgIpc) is 2.37. The predicted octanol–water partition coefficient (Wildman–Crippen LogP) is 2.70. The topological polar surface area (TPSA) is 43.4 Å². The molecule has 1 rings (SSSR count). The van der Waals surface area contributed by atoms with E-state index >= 15 is 0 Å². The summed E-state index contributed by atoms with van der Waals surface area (Å²) in [4.78, 5) is 23.5. The Morgan fingerprint density at radius 2 is 1.89 bits per heavy atom. The Hall–Kier alpha value is -1.71. The van der Waals surface area contributed by atoms with Crippen molar-refractivity contribution >= 4 is 11.8 Å². The van der Waals surface area contributed by atoms with Gasteiger partial charge < -0.3 is 4.74 Å². The third-order valence-corrected chi connectivity index (χ3v) is 2.87. The highest BCUT2D eigenvalue weighted by molar-refractivity contribution is 6.01. The molecule has 0 fully saturated rings. The summed E-state index contributed by atoms with van der Waals surface area (Å²) in [6.07, 6.45) is 0. The molecule has 0 saturated heterocycles. The van der Waals surface area contributed by atoms with Gasteiger partial charge in [0, 0.05) is 5.92 Å². The number of halogens is 1. The Morgan fingerprint density at radius 1 is 1.28 bits per heavy atom. The number of ketones is 1. The standard InChI is InChI=1S/C14H17FO3/c1-4-18-14(17)10(3)13(16)9(2)11-7-5-6-8-12(11)15/h5-10H,4H2,1-3H3. The Bertz CT molecular complexity index is 442.